The first-order chi connectivity index (χ1) is 42.9. The minimum absolute atomic E-state index is 0.0153. The summed E-state index contributed by atoms with van der Waals surface area (Å²) in [7, 11) is 2.70. The van der Waals surface area contributed by atoms with Crippen LogP contribution in [0.1, 0.15) is 109 Å². The summed E-state index contributed by atoms with van der Waals surface area (Å²) in [6.45, 7) is 9.54. The normalized spacial score (nSPS) is 22.7. The molecule has 8 aromatic rings. The lowest BCUT2D eigenvalue weighted by Crippen LogP contribution is -2.35. The minimum Gasteiger partial charge on any atom is -0.489 e. The summed E-state index contributed by atoms with van der Waals surface area (Å²) in [6, 6.07) is 17.5. The Morgan fingerprint density at radius 3 is 1.51 bits per heavy atom. The summed E-state index contributed by atoms with van der Waals surface area (Å²) >= 11 is 31.9. The zero-order valence-electron chi connectivity index (χ0n) is 48.8. The van der Waals surface area contributed by atoms with Crippen LogP contribution in [0, 0.1) is 0 Å². The molecule has 4 aliphatic heterocycles. The Labute approximate surface area is 547 Å². The van der Waals surface area contributed by atoms with Crippen LogP contribution in [-0.4, -0.2) is 139 Å². The Kier molecular flexibility index (Phi) is 19.8. The van der Waals surface area contributed by atoms with Gasteiger partial charge in [0.05, 0.1) is 107 Å². The maximum absolute atomic E-state index is 12.3. The predicted molar refractivity (Wildman–Crippen MR) is 336 cm³/mol. The highest BCUT2D eigenvalue weighted by Gasteiger charge is 2.51. The fourth-order valence-electron chi connectivity index (χ4n) is 11.0. The van der Waals surface area contributed by atoms with Crippen molar-refractivity contribution in [2.24, 2.45) is 0 Å². The number of aromatic nitrogens is 4. The average Bonchev–Trinajstić information content (AvgIpc) is 1.92. The van der Waals surface area contributed by atoms with Gasteiger partial charge in [0.2, 0.25) is 0 Å². The largest absolute Gasteiger partial charge is 0.489 e. The van der Waals surface area contributed by atoms with Crippen molar-refractivity contribution in [1.29, 1.82) is 0 Å². The van der Waals surface area contributed by atoms with Gasteiger partial charge < -0.3 is 66.3 Å². The molecule has 6 fully saturated rings. The van der Waals surface area contributed by atoms with Gasteiger partial charge in [-0.15, -0.1) is 11.3 Å². The molecule has 0 amide bonds. The van der Waals surface area contributed by atoms with Gasteiger partial charge in [-0.2, -0.15) is 4.98 Å². The molecular weight excluding hydrogens is 1340 g/mol. The number of methoxy groups -OCH3 is 2. The lowest BCUT2D eigenvalue weighted by Gasteiger charge is -2.17. The number of hydrogen-bond acceptors (Lipinski definition) is 22. The molecule has 0 unspecified atom stereocenters. The summed E-state index contributed by atoms with van der Waals surface area (Å²) < 4.78 is 77.5. The Hall–Kier alpha value is -5.22. The SMILES string of the molecule is COC(=O)c1cc(OC(C)C)c2nc(Br)sc2c1.COC(=O)c1cc(OC(C)C)c2nc(O[C@@H]3CO[C@H]4[C@@H]3OC[C@H]4OCc3c(-c4c(Cl)cccc4Cl)noc3C3CC3)sc2c1.O[C@@H]1CO[C@H]2[C@@H]1OC[C@H]2OCc1c(-c2c(Cl)cccc2Cl)noc1C1CC1. The Balaban J connectivity index is 0.000000145. The fraction of sp³-hybridized carbons (Fsp3) is 0.452. The fourth-order valence-corrected chi connectivity index (χ4v) is 14.6. The van der Waals surface area contributed by atoms with Crippen LogP contribution in [0.3, 0.4) is 0 Å². The van der Waals surface area contributed by atoms with E-state index in [-0.39, 0.29) is 74.1 Å². The number of halogens is 5. The van der Waals surface area contributed by atoms with E-state index in [0.29, 0.717) is 114 Å². The molecule has 20 nitrogen and oxygen atoms in total. The van der Waals surface area contributed by atoms with Crippen molar-refractivity contribution in [2.45, 2.75) is 139 Å². The van der Waals surface area contributed by atoms with E-state index in [4.69, 9.17) is 108 Å². The molecule has 472 valence electrons. The molecule has 4 saturated heterocycles. The molecule has 1 N–H and O–H groups in total. The second-order valence-electron chi connectivity index (χ2n) is 22.5. The van der Waals surface area contributed by atoms with Gasteiger partial charge in [0, 0.05) is 34.1 Å². The van der Waals surface area contributed by atoms with Crippen molar-refractivity contribution in [1.82, 2.24) is 20.3 Å². The first kappa shape index (κ1) is 63.9. The number of hydrogen-bond donors (Lipinski definition) is 1. The predicted octanol–water partition coefficient (Wildman–Crippen LogP) is 14.0. The molecule has 0 spiro atoms. The lowest BCUT2D eigenvalue weighted by atomic mass is 10.0. The molecule has 8 atom stereocenters. The number of ether oxygens (including phenoxy) is 11. The van der Waals surface area contributed by atoms with E-state index in [0.717, 1.165) is 67.2 Å². The number of benzene rings is 4. The first-order valence-corrected chi connectivity index (χ1v) is 32.8. The Bertz CT molecular complexity index is 3850. The van der Waals surface area contributed by atoms with Gasteiger partial charge in [0.15, 0.2) is 10.0 Å². The number of aliphatic hydroxyl groups is 1. The van der Waals surface area contributed by atoms with Crippen LogP contribution in [-0.2, 0) is 51.1 Å². The highest BCUT2D eigenvalue weighted by Crippen LogP contribution is 2.49. The zero-order chi connectivity index (χ0) is 62.4. The number of thiazole rings is 2. The summed E-state index contributed by atoms with van der Waals surface area (Å²) in [5, 5.41) is 21.0. The van der Waals surface area contributed by atoms with E-state index in [1.807, 2.05) is 27.7 Å². The van der Waals surface area contributed by atoms with Crippen LogP contribution >= 0.6 is 85.0 Å². The van der Waals surface area contributed by atoms with Crippen LogP contribution in [0.4, 0.5) is 0 Å². The average molecular weight is 1400 g/mol. The van der Waals surface area contributed by atoms with Crippen LogP contribution in [0.15, 0.2) is 73.6 Å². The first-order valence-electron chi connectivity index (χ1n) is 28.9. The van der Waals surface area contributed by atoms with Gasteiger partial charge in [-0.3, -0.25) is 0 Å². The second-order valence-corrected chi connectivity index (χ2v) is 27.4. The Morgan fingerprint density at radius 2 is 1.03 bits per heavy atom. The number of fused-ring (bicyclic) bond motifs is 4. The van der Waals surface area contributed by atoms with Crippen LogP contribution in [0.5, 0.6) is 16.7 Å². The number of nitrogens with zero attached hydrogens (tertiary/aromatic N) is 4. The maximum Gasteiger partial charge on any atom is 0.338 e. The molecule has 2 aliphatic carbocycles. The molecule has 8 heterocycles. The summed E-state index contributed by atoms with van der Waals surface area (Å²) in [5.41, 5.74) is 6.44. The van der Waals surface area contributed by atoms with Crippen molar-refractivity contribution in [3.05, 3.63) is 118 Å². The smallest absolute Gasteiger partial charge is 0.338 e. The number of aliphatic hydroxyl groups excluding tert-OH is 1. The summed E-state index contributed by atoms with van der Waals surface area (Å²) in [6.07, 6.45) is 1.33. The molecule has 89 heavy (non-hydrogen) atoms. The molecule has 2 saturated carbocycles. The molecule has 14 rings (SSSR count). The van der Waals surface area contributed by atoms with Gasteiger partial charge in [-0.25, -0.2) is 14.6 Å². The molecule has 4 aromatic heterocycles. The van der Waals surface area contributed by atoms with Crippen molar-refractivity contribution in [3.63, 3.8) is 0 Å². The van der Waals surface area contributed by atoms with Gasteiger partial charge in [0.1, 0.15) is 88.2 Å². The Morgan fingerprint density at radius 1 is 0.607 bits per heavy atom. The van der Waals surface area contributed by atoms with Crippen molar-refractivity contribution in [3.8, 4) is 39.2 Å². The quantitative estimate of drug-likeness (QED) is 0.0786. The molecule has 6 aliphatic rings. The minimum atomic E-state index is -0.598. The molecule has 27 heteroatoms. The summed E-state index contributed by atoms with van der Waals surface area (Å²) in [4.78, 5) is 32.9. The van der Waals surface area contributed by atoms with Gasteiger partial charge in [-0.05, 0) is 118 Å². The van der Waals surface area contributed by atoms with Crippen molar-refractivity contribution >= 4 is 117 Å². The van der Waals surface area contributed by atoms with E-state index in [1.165, 1.54) is 36.9 Å². The lowest BCUT2D eigenvalue weighted by molar-refractivity contribution is -0.0441. The van der Waals surface area contributed by atoms with E-state index in [2.05, 4.69) is 36.2 Å². The molecule has 0 radical (unpaired) electrons. The topological polar surface area (TPSA) is 234 Å². The van der Waals surface area contributed by atoms with E-state index >= 15 is 0 Å². The number of rotatable bonds is 18. The third kappa shape index (κ3) is 13.9. The van der Waals surface area contributed by atoms with Gasteiger partial charge >= 0.3 is 11.9 Å². The van der Waals surface area contributed by atoms with Crippen molar-refractivity contribution < 1.29 is 75.8 Å². The third-order valence-electron chi connectivity index (χ3n) is 15.5. The van der Waals surface area contributed by atoms with Gasteiger partial charge in [0.25, 0.3) is 5.19 Å². The highest BCUT2D eigenvalue weighted by atomic mass is 79.9. The second kappa shape index (κ2) is 27.5. The van der Waals surface area contributed by atoms with E-state index in [9.17, 15) is 14.7 Å². The van der Waals surface area contributed by atoms with Crippen LogP contribution in [0.25, 0.3) is 42.9 Å². The number of esters is 2. The number of carbonyl (C=O) groups is 2. The monoisotopic (exact) mass is 1400 g/mol. The highest BCUT2D eigenvalue weighted by molar-refractivity contribution is 9.11. The third-order valence-corrected chi connectivity index (χ3v) is 19.1. The molecule has 0 bridgehead atoms. The molecule has 4 aromatic carbocycles. The standard InChI is InChI=1S/C31H30Cl2N2O8S.C19H19Cl2NO5.C12H12BrNO3S/c1-14(2)41-20-9-16(30(36)37-3)10-23-26(20)34-31(44-23)42-22-13-40-28-21(12-39-29(22)28)38-11-17-25(35-43-27(17)15-7-8-15)24-18(32)5-4-6-19(24)33;20-11-2-1-3-12(21)15(11)16-10(17(27-22-16)9-4-5-9)6-24-14-8-26-18-13(23)7-25-19(14)18;1-6(2)17-8-4-7(11(15)16-3)5-9-10(8)14-12(13)18-9/h4-6,9-10,14-15,21-22,28-29H,7-8,11-13H2,1-3H3;1-3,9,13-14,18-19,23H,4-8H2;4-6H,1-3H3/t21-,22-,28-,29-;13-,14-,18-,19-;/m11./s1. The molecular formula is C62H61BrCl4N4O16S2. The van der Waals surface area contributed by atoms with Crippen molar-refractivity contribution in [2.75, 3.05) is 40.6 Å². The van der Waals surface area contributed by atoms with E-state index in [1.54, 1.807) is 60.7 Å². The van der Waals surface area contributed by atoms with Crippen LogP contribution in [0.2, 0.25) is 20.1 Å². The number of carbonyl (C=O) groups excluding carboxylic acids is 2. The summed E-state index contributed by atoms with van der Waals surface area (Å²) in [5.74, 6) is 2.59. The van der Waals surface area contributed by atoms with Gasteiger partial charge in [-0.1, -0.05) is 80.2 Å². The maximum atomic E-state index is 12.3. The van der Waals surface area contributed by atoms with E-state index < -0.39 is 12.1 Å². The zero-order valence-corrected chi connectivity index (χ0v) is 55.1. The van der Waals surface area contributed by atoms with Crippen LogP contribution < -0.4 is 14.2 Å².